The Labute approximate surface area is 132 Å². The minimum atomic E-state index is -0.203. The summed E-state index contributed by atoms with van der Waals surface area (Å²) < 4.78 is 0. The van der Waals surface area contributed by atoms with Crippen LogP contribution in [-0.2, 0) is 4.79 Å². The summed E-state index contributed by atoms with van der Waals surface area (Å²) in [6.07, 6.45) is 1.93. The van der Waals surface area contributed by atoms with Gasteiger partial charge in [-0.2, -0.15) is 0 Å². The third-order valence-electron chi connectivity index (χ3n) is 3.98. The monoisotopic (exact) mass is 303 g/mol. The molecule has 1 aromatic rings. The molecule has 1 heterocycles. The normalized spacial score (nSPS) is 16.3. The van der Waals surface area contributed by atoms with E-state index in [-0.39, 0.29) is 24.4 Å². The second-order valence-electron chi connectivity index (χ2n) is 6.20. The molecule has 1 aliphatic rings. The van der Waals surface area contributed by atoms with Gasteiger partial charge in [0.2, 0.25) is 5.91 Å². The lowest BCUT2D eigenvalue weighted by atomic mass is 10.1. The van der Waals surface area contributed by atoms with Gasteiger partial charge >= 0.3 is 0 Å². The molecule has 1 fully saturated rings. The van der Waals surface area contributed by atoms with Gasteiger partial charge in [-0.05, 0) is 59.0 Å². The molecule has 0 aliphatic carbocycles. The van der Waals surface area contributed by atoms with Crippen LogP contribution in [0.4, 0.5) is 0 Å². The van der Waals surface area contributed by atoms with Crippen molar-refractivity contribution in [3.8, 4) is 0 Å². The number of nitrogens with one attached hydrogen (secondary N) is 2. The SMILES string of the molecule is Cc1cc(C)cc(C(=O)NCC(=O)NC2CCN(C)CC2)c1. The predicted octanol–water partition coefficient (Wildman–Crippen LogP) is 1.24. The van der Waals surface area contributed by atoms with Crippen LogP contribution in [0.2, 0.25) is 0 Å². The van der Waals surface area contributed by atoms with Crippen molar-refractivity contribution in [1.29, 1.82) is 0 Å². The summed E-state index contributed by atoms with van der Waals surface area (Å²) >= 11 is 0. The van der Waals surface area contributed by atoms with E-state index in [0.717, 1.165) is 37.1 Å². The molecular weight excluding hydrogens is 278 g/mol. The van der Waals surface area contributed by atoms with Gasteiger partial charge in [-0.3, -0.25) is 9.59 Å². The summed E-state index contributed by atoms with van der Waals surface area (Å²) in [5.41, 5.74) is 2.69. The quantitative estimate of drug-likeness (QED) is 0.880. The summed E-state index contributed by atoms with van der Waals surface area (Å²) in [5, 5.41) is 5.68. The van der Waals surface area contributed by atoms with Crippen molar-refractivity contribution in [3.05, 3.63) is 34.9 Å². The van der Waals surface area contributed by atoms with Gasteiger partial charge in [0.05, 0.1) is 6.54 Å². The zero-order valence-corrected chi connectivity index (χ0v) is 13.6. The second kappa shape index (κ2) is 7.40. The number of rotatable bonds is 4. The minimum absolute atomic E-state index is 0.0260. The number of amides is 2. The molecule has 0 atom stereocenters. The lowest BCUT2D eigenvalue weighted by Gasteiger charge is -2.29. The molecule has 5 heteroatoms. The number of carbonyl (C=O) groups excluding carboxylic acids is 2. The highest BCUT2D eigenvalue weighted by Gasteiger charge is 2.18. The molecule has 0 saturated carbocycles. The van der Waals surface area contributed by atoms with E-state index in [4.69, 9.17) is 0 Å². The Kier molecular flexibility index (Phi) is 5.55. The van der Waals surface area contributed by atoms with Crippen molar-refractivity contribution in [2.24, 2.45) is 0 Å². The van der Waals surface area contributed by atoms with Crippen LogP contribution < -0.4 is 10.6 Å². The van der Waals surface area contributed by atoms with E-state index in [1.54, 1.807) is 0 Å². The minimum Gasteiger partial charge on any atom is -0.352 e. The van der Waals surface area contributed by atoms with Crippen molar-refractivity contribution in [2.45, 2.75) is 32.7 Å². The van der Waals surface area contributed by atoms with Crippen LogP contribution in [0, 0.1) is 13.8 Å². The highest BCUT2D eigenvalue weighted by Crippen LogP contribution is 2.09. The molecule has 1 saturated heterocycles. The van der Waals surface area contributed by atoms with E-state index in [0.29, 0.717) is 5.56 Å². The van der Waals surface area contributed by atoms with Gasteiger partial charge in [-0.25, -0.2) is 0 Å². The molecule has 0 spiro atoms. The van der Waals surface area contributed by atoms with Crippen LogP contribution in [0.25, 0.3) is 0 Å². The highest BCUT2D eigenvalue weighted by atomic mass is 16.2. The summed E-state index contributed by atoms with van der Waals surface area (Å²) in [5.74, 6) is -0.322. The number of benzene rings is 1. The summed E-state index contributed by atoms with van der Waals surface area (Å²) in [4.78, 5) is 26.3. The number of piperidine rings is 1. The van der Waals surface area contributed by atoms with Gasteiger partial charge < -0.3 is 15.5 Å². The molecule has 0 unspecified atom stereocenters. The first-order valence-electron chi connectivity index (χ1n) is 7.78. The van der Waals surface area contributed by atoms with Gasteiger partial charge in [-0.1, -0.05) is 17.2 Å². The maximum atomic E-state index is 12.1. The lowest BCUT2D eigenvalue weighted by molar-refractivity contribution is -0.121. The molecule has 5 nitrogen and oxygen atoms in total. The number of carbonyl (C=O) groups is 2. The molecule has 0 bridgehead atoms. The fourth-order valence-electron chi connectivity index (χ4n) is 2.80. The van der Waals surface area contributed by atoms with Gasteiger partial charge in [0.25, 0.3) is 5.91 Å². The summed E-state index contributed by atoms with van der Waals surface area (Å²) in [7, 11) is 2.09. The van der Waals surface area contributed by atoms with Crippen LogP contribution in [0.5, 0.6) is 0 Å². The Balaban J connectivity index is 1.79. The standard InChI is InChI=1S/C17H25N3O2/c1-12-8-13(2)10-14(9-12)17(22)18-11-16(21)19-15-4-6-20(3)7-5-15/h8-10,15H,4-7,11H2,1-3H3,(H,18,22)(H,19,21). The van der Waals surface area contributed by atoms with Crippen molar-refractivity contribution < 1.29 is 9.59 Å². The Bertz CT molecular complexity index is 529. The molecule has 0 radical (unpaired) electrons. The Morgan fingerprint density at radius 2 is 1.73 bits per heavy atom. The van der Waals surface area contributed by atoms with Crippen molar-refractivity contribution in [3.63, 3.8) is 0 Å². The maximum absolute atomic E-state index is 12.1. The Hall–Kier alpha value is -1.88. The molecule has 22 heavy (non-hydrogen) atoms. The molecule has 0 aromatic heterocycles. The average Bonchev–Trinajstić information content (AvgIpc) is 2.46. The fraction of sp³-hybridized carbons (Fsp3) is 0.529. The fourth-order valence-corrected chi connectivity index (χ4v) is 2.80. The van der Waals surface area contributed by atoms with E-state index < -0.39 is 0 Å². The highest BCUT2D eigenvalue weighted by molar-refractivity contribution is 5.96. The predicted molar refractivity (Wildman–Crippen MR) is 86.9 cm³/mol. The zero-order valence-electron chi connectivity index (χ0n) is 13.6. The first kappa shape index (κ1) is 16.5. The third-order valence-corrected chi connectivity index (χ3v) is 3.98. The average molecular weight is 303 g/mol. The van der Waals surface area contributed by atoms with E-state index in [9.17, 15) is 9.59 Å². The number of nitrogens with zero attached hydrogens (tertiary/aromatic N) is 1. The van der Waals surface area contributed by atoms with Gasteiger partial charge in [-0.15, -0.1) is 0 Å². The van der Waals surface area contributed by atoms with Crippen molar-refractivity contribution in [2.75, 3.05) is 26.7 Å². The van der Waals surface area contributed by atoms with Crippen LogP contribution in [0.1, 0.15) is 34.3 Å². The Morgan fingerprint density at radius 3 is 2.32 bits per heavy atom. The molecular formula is C17H25N3O2. The smallest absolute Gasteiger partial charge is 0.251 e. The topological polar surface area (TPSA) is 61.4 Å². The third kappa shape index (κ3) is 4.84. The Morgan fingerprint density at radius 1 is 1.14 bits per heavy atom. The van der Waals surface area contributed by atoms with Crippen molar-refractivity contribution in [1.82, 2.24) is 15.5 Å². The maximum Gasteiger partial charge on any atom is 0.251 e. The largest absolute Gasteiger partial charge is 0.352 e. The number of hydrogen-bond donors (Lipinski definition) is 2. The number of hydrogen-bond acceptors (Lipinski definition) is 3. The number of aryl methyl sites for hydroxylation is 2. The molecule has 1 aromatic carbocycles. The molecule has 1 aliphatic heterocycles. The van der Waals surface area contributed by atoms with E-state index in [2.05, 4.69) is 22.6 Å². The summed E-state index contributed by atoms with van der Waals surface area (Å²) in [6, 6.07) is 5.90. The zero-order chi connectivity index (χ0) is 16.1. The molecule has 2 rings (SSSR count). The first-order valence-corrected chi connectivity index (χ1v) is 7.78. The summed E-state index contributed by atoms with van der Waals surface area (Å²) in [6.45, 7) is 5.94. The molecule has 2 amide bonds. The van der Waals surface area contributed by atoms with E-state index in [1.807, 2.05) is 32.0 Å². The van der Waals surface area contributed by atoms with Crippen LogP contribution >= 0.6 is 0 Å². The number of likely N-dealkylation sites (tertiary alicyclic amines) is 1. The van der Waals surface area contributed by atoms with E-state index in [1.165, 1.54) is 0 Å². The van der Waals surface area contributed by atoms with Crippen LogP contribution in [0.3, 0.4) is 0 Å². The lowest BCUT2D eigenvalue weighted by Crippen LogP contribution is -2.46. The van der Waals surface area contributed by atoms with Crippen molar-refractivity contribution >= 4 is 11.8 Å². The first-order chi connectivity index (χ1) is 10.4. The molecule has 2 N–H and O–H groups in total. The van der Waals surface area contributed by atoms with E-state index >= 15 is 0 Å². The second-order valence-corrected chi connectivity index (χ2v) is 6.20. The van der Waals surface area contributed by atoms with Gasteiger partial charge in [0.15, 0.2) is 0 Å². The van der Waals surface area contributed by atoms with Gasteiger partial charge in [0, 0.05) is 11.6 Å². The van der Waals surface area contributed by atoms with Crippen LogP contribution in [-0.4, -0.2) is 49.4 Å². The van der Waals surface area contributed by atoms with Crippen LogP contribution in [0.15, 0.2) is 18.2 Å². The van der Waals surface area contributed by atoms with Gasteiger partial charge in [0.1, 0.15) is 0 Å². The molecule has 120 valence electrons.